The predicted molar refractivity (Wildman–Crippen MR) is 53.6 cm³/mol. The van der Waals surface area contributed by atoms with Crippen molar-refractivity contribution < 1.29 is 5.11 Å². The number of unbranched alkanes of at least 4 members (excludes halogenated alkanes) is 2. The third-order valence-corrected chi connectivity index (χ3v) is 3.41. The zero-order valence-corrected chi connectivity index (χ0v) is 8.63. The van der Waals surface area contributed by atoms with Gasteiger partial charge in [-0.05, 0) is 31.7 Å². The molecule has 0 bridgehead atoms. The maximum Gasteiger partial charge on any atom is 0.0928 e. The minimum Gasteiger partial charge on any atom is -0.387 e. The Bertz CT molecular complexity index is 171. The minimum absolute atomic E-state index is 0.272. The van der Waals surface area contributed by atoms with Crippen LogP contribution in [0.5, 0.6) is 0 Å². The molecule has 2 rings (SSSR count). The molecule has 0 aromatic heterocycles. The first kappa shape index (κ1) is 9.47. The molecule has 0 spiro atoms. The summed E-state index contributed by atoms with van der Waals surface area (Å²) in [5.74, 6) is 0.648. The van der Waals surface area contributed by atoms with Crippen LogP contribution in [-0.4, -0.2) is 35.2 Å². The van der Waals surface area contributed by atoms with Gasteiger partial charge in [0.2, 0.25) is 0 Å². The Kier molecular flexibility index (Phi) is 2.61. The average molecular weight is 183 g/mol. The lowest BCUT2D eigenvalue weighted by molar-refractivity contribution is -0.113. The van der Waals surface area contributed by atoms with Crippen LogP contribution in [0.15, 0.2) is 0 Å². The molecule has 2 heteroatoms. The van der Waals surface area contributed by atoms with Crippen LogP contribution in [0, 0.1) is 5.92 Å². The van der Waals surface area contributed by atoms with Crippen LogP contribution in [0.25, 0.3) is 0 Å². The highest BCUT2D eigenvalue weighted by atomic mass is 16.3. The third-order valence-electron chi connectivity index (χ3n) is 3.41. The third kappa shape index (κ3) is 2.05. The fourth-order valence-electron chi connectivity index (χ4n) is 2.35. The van der Waals surface area contributed by atoms with Gasteiger partial charge in [-0.15, -0.1) is 0 Å². The molecular weight excluding hydrogens is 162 g/mol. The maximum absolute atomic E-state index is 10.0. The molecule has 1 saturated heterocycles. The molecule has 76 valence electrons. The fourth-order valence-corrected chi connectivity index (χ4v) is 2.35. The summed E-state index contributed by atoms with van der Waals surface area (Å²) in [7, 11) is 0. The second-order valence-electron chi connectivity index (χ2n) is 4.80. The van der Waals surface area contributed by atoms with Crippen molar-refractivity contribution in [1.29, 1.82) is 0 Å². The Morgan fingerprint density at radius 1 is 1.31 bits per heavy atom. The van der Waals surface area contributed by atoms with Crippen LogP contribution in [0.4, 0.5) is 0 Å². The van der Waals surface area contributed by atoms with E-state index >= 15 is 0 Å². The van der Waals surface area contributed by atoms with Gasteiger partial charge in [0.25, 0.3) is 0 Å². The van der Waals surface area contributed by atoms with Crippen LogP contribution in [0.3, 0.4) is 0 Å². The summed E-state index contributed by atoms with van der Waals surface area (Å²) in [5, 5.41) is 10.0. The molecule has 1 N–H and O–H groups in total. The van der Waals surface area contributed by atoms with E-state index in [2.05, 4.69) is 11.8 Å². The smallest absolute Gasteiger partial charge is 0.0928 e. The topological polar surface area (TPSA) is 23.5 Å². The van der Waals surface area contributed by atoms with Crippen molar-refractivity contribution in [2.45, 2.75) is 44.6 Å². The maximum atomic E-state index is 10.0. The summed E-state index contributed by atoms with van der Waals surface area (Å²) in [4.78, 5) is 2.40. The van der Waals surface area contributed by atoms with Gasteiger partial charge in [-0.3, -0.25) is 4.90 Å². The van der Waals surface area contributed by atoms with Gasteiger partial charge in [-0.2, -0.15) is 0 Å². The molecule has 2 nitrogen and oxygen atoms in total. The molecule has 1 saturated carbocycles. The van der Waals surface area contributed by atoms with Gasteiger partial charge in [0, 0.05) is 13.1 Å². The summed E-state index contributed by atoms with van der Waals surface area (Å²) >= 11 is 0. The monoisotopic (exact) mass is 183 g/mol. The molecule has 0 aromatic carbocycles. The molecule has 1 heterocycles. The van der Waals surface area contributed by atoms with Gasteiger partial charge in [0.1, 0.15) is 0 Å². The fraction of sp³-hybridized carbons (Fsp3) is 1.00. The number of aliphatic hydroxyl groups is 1. The highest BCUT2D eigenvalue weighted by Gasteiger charge is 2.51. The summed E-state index contributed by atoms with van der Waals surface area (Å²) in [6, 6.07) is 0. The molecule has 0 aromatic rings. The summed E-state index contributed by atoms with van der Waals surface area (Å²) in [6.45, 7) is 5.32. The largest absolute Gasteiger partial charge is 0.387 e. The van der Waals surface area contributed by atoms with E-state index in [0.717, 1.165) is 13.1 Å². The van der Waals surface area contributed by atoms with Crippen molar-refractivity contribution in [3.05, 3.63) is 0 Å². The van der Waals surface area contributed by atoms with Crippen LogP contribution in [0.2, 0.25) is 0 Å². The van der Waals surface area contributed by atoms with Gasteiger partial charge >= 0.3 is 0 Å². The number of hydrogen-bond acceptors (Lipinski definition) is 2. The van der Waals surface area contributed by atoms with Crippen LogP contribution >= 0.6 is 0 Å². The molecule has 0 unspecified atom stereocenters. The number of β-amino-alcohol motifs (C(OH)–C–C–N with tert-alkyl or cyclic N) is 1. The lowest BCUT2D eigenvalue weighted by Crippen LogP contribution is -2.63. The van der Waals surface area contributed by atoms with E-state index in [-0.39, 0.29) is 5.60 Å². The van der Waals surface area contributed by atoms with Crippen molar-refractivity contribution in [2.75, 3.05) is 19.6 Å². The molecule has 2 fully saturated rings. The normalized spacial score (nSPS) is 27.2. The van der Waals surface area contributed by atoms with Crippen LogP contribution in [0.1, 0.15) is 39.0 Å². The van der Waals surface area contributed by atoms with Crippen LogP contribution in [-0.2, 0) is 0 Å². The van der Waals surface area contributed by atoms with Gasteiger partial charge < -0.3 is 5.11 Å². The molecule has 1 aliphatic carbocycles. The number of rotatable bonds is 5. The van der Waals surface area contributed by atoms with E-state index in [1.165, 1.54) is 38.6 Å². The first-order valence-corrected chi connectivity index (χ1v) is 5.69. The Morgan fingerprint density at radius 3 is 2.54 bits per heavy atom. The lowest BCUT2D eigenvalue weighted by atomic mass is 9.88. The Morgan fingerprint density at radius 2 is 2.00 bits per heavy atom. The van der Waals surface area contributed by atoms with E-state index in [4.69, 9.17) is 0 Å². The second-order valence-corrected chi connectivity index (χ2v) is 4.80. The number of hydrogen-bond donors (Lipinski definition) is 1. The zero-order chi connectivity index (χ0) is 9.31. The van der Waals surface area contributed by atoms with Crippen LogP contribution < -0.4 is 0 Å². The van der Waals surface area contributed by atoms with Crippen molar-refractivity contribution in [2.24, 2.45) is 5.92 Å². The Hall–Kier alpha value is -0.0800. The summed E-state index contributed by atoms with van der Waals surface area (Å²) in [5.41, 5.74) is -0.272. The van der Waals surface area contributed by atoms with E-state index in [0.29, 0.717) is 5.92 Å². The van der Waals surface area contributed by atoms with Gasteiger partial charge in [0.05, 0.1) is 5.60 Å². The summed E-state index contributed by atoms with van der Waals surface area (Å²) in [6.07, 6.45) is 6.45. The first-order valence-electron chi connectivity index (χ1n) is 5.69. The molecule has 0 amide bonds. The quantitative estimate of drug-likeness (QED) is 0.655. The van der Waals surface area contributed by atoms with E-state index in [1.54, 1.807) is 0 Å². The van der Waals surface area contributed by atoms with E-state index in [1.807, 2.05) is 0 Å². The van der Waals surface area contributed by atoms with Gasteiger partial charge in [0.15, 0.2) is 0 Å². The van der Waals surface area contributed by atoms with Gasteiger partial charge in [-0.1, -0.05) is 19.8 Å². The highest BCUT2D eigenvalue weighted by molar-refractivity contribution is 5.05. The zero-order valence-electron chi connectivity index (χ0n) is 8.63. The molecule has 0 atom stereocenters. The summed E-state index contributed by atoms with van der Waals surface area (Å²) < 4.78 is 0. The standard InChI is InChI=1S/C11H21NO/c1-2-3-4-7-12-8-11(13,9-12)10-5-6-10/h10,13H,2-9H2,1H3. The van der Waals surface area contributed by atoms with Crippen molar-refractivity contribution in [1.82, 2.24) is 4.90 Å². The second kappa shape index (κ2) is 3.58. The predicted octanol–water partition coefficient (Wildman–Crippen LogP) is 1.63. The van der Waals surface area contributed by atoms with E-state index in [9.17, 15) is 5.11 Å². The van der Waals surface area contributed by atoms with Crippen molar-refractivity contribution in [3.8, 4) is 0 Å². The number of nitrogens with zero attached hydrogens (tertiary/aromatic N) is 1. The SMILES string of the molecule is CCCCCN1CC(O)(C2CC2)C1. The molecule has 2 aliphatic rings. The molecular formula is C11H21NO. The average Bonchev–Trinajstić information content (AvgIpc) is 2.83. The lowest BCUT2D eigenvalue weighted by Gasteiger charge is -2.47. The Balaban J connectivity index is 1.60. The molecule has 13 heavy (non-hydrogen) atoms. The highest BCUT2D eigenvalue weighted by Crippen LogP contribution is 2.44. The number of likely N-dealkylation sites (tertiary alicyclic amines) is 1. The minimum atomic E-state index is -0.272. The molecule has 1 aliphatic heterocycles. The van der Waals surface area contributed by atoms with Crippen molar-refractivity contribution in [3.63, 3.8) is 0 Å². The van der Waals surface area contributed by atoms with Crippen molar-refractivity contribution >= 4 is 0 Å². The first-order chi connectivity index (χ1) is 6.24. The Labute approximate surface area is 80.9 Å². The van der Waals surface area contributed by atoms with E-state index < -0.39 is 0 Å². The molecule has 0 radical (unpaired) electrons. The van der Waals surface area contributed by atoms with Gasteiger partial charge in [-0.25, -0.2) is 0 Å².